The van der Waals surface area contributed by atoms with Gasteiger partial charge in [-0.15, -0.1) is 0 Å². The number of nitrogens with zero attached hydrogens (tertiary/aromatic N) is 1. The van der Waals surface area contributed by atoms with Crippen LogP contribution in [0.15, 0.2) is 28.6 Å². The van der Waals surface area contributed by atoms with Crippen molar-refractivity contribution in [1.82, 2.24) is 0 Å². The van der Waals surface area contributed by atoms with Crippen LogP contribution >= 0.6 is 0 Å². The van der Waals surface area contributed by atoms with E-state index in [1.165, 1.54) is 17.8 Å². The van der Waals surface area contributed by atoms with Crippen molar-refractivity contribution in [1.29, 1.82) is 0 Å². The zero-order chi connectivity index (χ0) is 63.4. The first kappa shape index (κ1) is 133. The minimum absolute atomic E-state index is 0. The predicted molar refractivity (Wildman–Crippen MR) is 309 cm³/mol. The van der Waals surface area contributed by atoms with Gasteiger partial charge in [0.25, 0.3) is 0 Å². The number of amides is 1. The van der Waals surface area contributed by atoms with Crippen LogP contribution in [0.5, 0.6) is 0 Å². The number of piperidine rings is 2. The van der Waals surface area contributed by atoms with Gasteiger partial charge < -0.3 is 158 Å². The molecular weight excluding hydrogens is 1240 g/mol. The van der Waals surface area contributed by atoms with Crippen molar-refractivity contribution >= 4 is 59.2 Å². The van der Waals surface area contributed by atoms with Crippen LogP contribution in [0.1, 0.15) is 164 Å². The van der Waals surface area contributed by atoms with E-state index >= 15 is 0 Å². The summed E-state index contributed by atoms with van der Waals surface area (Å²) in [6.07, 6.45) is 18.0. The topological polar surface area (TPSA) is 939 Å². The second-order valence-electron chi connectivity index (χ2n) is 16.7. The van der Waals surface area contributed by atoms with Crippen molar-refractivity contribution < 1.29 is 214 Å². The van der Waals surface area contributed by atoms with Crippen LogP contribution in [0.2, 0.25) is 0 Å². The minimum Gasteiger partial charge on any atom is -0.868 e. The summed E-state index contributed by atoms with van der Waals surface area (Å²) in [6.45, 7) is 6.19. The number of nitrogens with two attached hydrogens (primary N) is 3. The number of unbranched alkanes of at least 4 members (excludes halogenated alkanes) is 4. The lowest BCUT2D eigenvalue weighted by molar-refractivity contribution is -0.765. The first-order valence-electron chi connectivity index (χ1n) is 25.4. The van der Waals surface area contributed by atoms with Crippen LogP contribution < -0.4 is 69.5 Å². The quantitative estimate of drug-likeness (QED) is 0.00965. The molecule has 45 N–H and O–H groups in total. The summed E-state index contributed by atoms with van der Waals surface area (Å²) >= 11 is 0. The van der Waals surface area contributed by atoms with Gasteiger partial charge in [0.15, 0.2) is 5.78 Å². The number of ketones is 1. The summed E-state index contributed by atoms with van der Waals surface area (Å²) < 4.78 is 0. The van der Waals surface area contributed by atoms with Crippen LogP contribution in [0.25, 0.3) is 0 Å². The maximum absolute atomic E-state index is 10.4. The Morgan fingerprint density at radius 2 is 1.04 bits per heavy atom. The summed E-state index contributed by atoms with van der Waals surface area (Å²) in [5.74, 6) is -13.0. The second-order valence-corrected chi connectivity index (χ2v) is 16.7. The highest BCUT2D eigenvalue weighted by molar-refractivity contribution is 6.35. The van der Waals surface area contributed by atoms with E-state index < -0.39 is 64.8 Å². The molecule has 0 bridgehead atoms. The number of Topliss-reactive ketones (excluding diaryl/α,β-unsaturated/α-hetero) is 1. The first-order chi connectivity index (χ1) is 37.8. The van der Waals surface area contributed by atoms with Gasteiger partial charge in [0.1, 0.15) is 35.3 Å². The average Bonchev–Trinajstić information content (AvgIpc) is 3.44. The number of primary amides is 1. The average molecular weight is 1360 g/mol. The molecule has 0 radical (unpaired) electrons. The number of aliphatic hydroxyl groups is 3. The number of carbonyl (C=O) groups excluding carboxylic acids is 7. The number of carboxylic acids is 7. The largest absolute Gasteiger partial charge is 0.868 e. The predicted octanol–water partition coefficient (Wildman–Crippen LogP) is -18.5. The highest BCUT2D eigenvalue weighted by atomic mass is 17.0. The molecule has 0 aliphatic carbocycles. The summed E-state index contributed by atoms with van der Waals surface area (Å²) in [5, 5.41) is 144. The van der Waals surface area contributed by atoms with Gasteiger partial charge in [0, 0.05) is 38.2 Å². The van der Waals surface area contributed by atoms with Gasteiger partial charge in [-0.25, -0.2) is 14.4 Å². The fraction of sp³-hybridized carbons (Fsp3) is 0.714. The number of allylic oxidation sites excluding steroid dienone is 2. The van der Waals surface area contributed by atoms with Crippen molar-refractivity contribution in [2.75, 3.05) is 52.4 Å². The maximum Gasteiger partial charge on any atom is 0.349 e. The third-order valence-corrected chi connectivity index (χ3v) is 10.2. The SMILES string of the molecule is C.C.C.O.O.O.O.O.O.O.O.O=C(O)C1=NCCCC1.O=C([O-])C1(O)CCCC[NH2+]1.O=C([O-])C1=CCCC[NH2+]1.O=C1CCCC[NH2+]1.OO.OO.OO.[NH3+]CCC/C=C(\[O-])C(=O)O.[NH3+]CCCCC(=O)C(=O)[O-].[NH3+]CCCCC(=O)[O-].[NH3+]CCCCC(O)(O)C(=O)[O-]. The molecule has 42 nitrogen and oxygen atoms in total. The lowest BCUT2D eigenvalue weighted by Crippen LogP contribution is -3.01. The van der Waals surface area contributed by atoms with Crippen molar-refractivity contribution in [2.45, 2.75) is 175 Å². The normalized spacial score (nSPS) is 13.9. The standard InChI is InChI=1S/C6H13NO4.3C6H11NO3.2C6H9NO2.C5H11NO2.C5H9NO.3CH4.3H2O2.8H2O/c7-4-2-1-3-6(10,11)5(8)9;8-5(9)6(10)3-1-2-4-7-6;2*7-4-2-1-3-5(8)6(9)10;2*8-6(9)5-3-1-2-4-7-5;6-4-2-1-3-5(7)8;7-5-3-1-2-4-6-5;;;;3*1-2;;;;;;;;/h10-11H,1-4,7H2,(H,8,9);7,10H,1-4H2,(H,8,9);1-4,7H2,(H,9,10);3,8H,1-2,4,7H2,(H,9,10);1-4H2,(H,8,9);3,7H,1-2,4H2,(H,8,9);1-4,6H2,(H,7,8);1-4H2,(H,6,7);3*1H4;3*1-2H;8*1H2/p+1/b;;;5-3-;;;;;;;;;;;;;;;;;;. The smallest absolute Gasteiger partial charge is 0.349 e. The molecule has 0 spiro atoms. The van der Waals surface area contributed by atoms with Crippen molar-refractivity contribution in [3.63, 3.8) is 0 Å². The van der Waals surface area contributed by atoms with E-state index in [4.69, 9.17) is 52.0 Å². The van der Waals surface area contributed by atoms with E-state index in [2.05, 4.69) is 27.9 Å². The number of carboxylic acid groups (broad SMARTS) is 7. The Kier molecular flexibility index (Phi) is 139. The Labute approximate surface area is 527 Å². The molecule has 0 aromatic carbocycles. The molecule has 558 valence electrons. The fourth-order valence-electron chi connectivity index (χ4n) is 5.86. The summed E-state index contributed by atoms with van der Waals surface area (Å²) in [4.78, 5) is 94.7. The molecule has 0 aromatic heterocycles. The number of quaternary nitrogens is 7. The Morgan fingerprint density at radius 1 is 0.593 bits per heavy atom. The lowest BCUT2D eigenvalue weighted by atomic mass is 10.0. The van der Waals surface area contributed by atoms with Gasteiger partial charge in [-0.1, -0.05) is 28.4 Å². The van der Waals surface area contributed by atoms with Gasteiger partial charge in [-0.2, -0.15) is 0 Å². The minimum atomic E-state index is -2.67. The summed E-state index contributed by atoms with van der Waals surface area (Å²) in [6, 6.07) is 0. The molecule has 42 heteroatoms. The molecule has 1 unspecified atom stereocenters. The van der Waals surface area contributed by atoms with Crippen LogP contribution in [-0.2, 0) is 43.2 Å². The molecule has 2 saturated heterocycles. The van der Waals surface area contributed by atoms with Gasteiger partial charge in [0.2, 0.25) is 11.5 Å². The molecule has 4 heterocycles. The van der Waals surface area contributed by atoms with Gasteiger partial charge in [0.05, 0.1) is 52.2 Å². The van der Waals surface area contributed by atoms with Gasteiger partial charge in [-0.05, 0) is 121 Å². The molecule has 4 aliphatic heterocycles. The monoisotopic (exact) mass is 1360 g/mol. The van der Waals surface area contributed by atoms with Gasteiger partial charge >= 0.3 is 17.8 Å². The zero-order valence-electron chi connectivity index (χ0n) is 49.4. The van der Waals surface area contributed by atoms with Crippen molar-refractivity contribution in [3.8, 4) is 0 Å². The molecule has 1 atom stereocenters. The highest BCUT2D eigenvalue weighted by Crippen LogP contribution is 2.10. The van der Waals surface area contributed by atoms with Crippen molar-refractivity contribution in [3.05, 3.63) is 23.6 Å². The van der Waals surface area contributed by atoms with E-state index in [0.717, 1.165) is 103 Å². The molecule has 4 aliphatic rings. The molecular formula is C49H119N8O34+. The third-order valence-electron chi connectivity index (χ3n) is 10.2. The van der Waals surface area contributed by atoms with E-state index in [-0.39, 0.29) is 85.4 Å². The third kappa shape index (κ3) is 94.9. The number of carbonyl (C=O) groups is 9. The van der Waals surface area contributed by atoms with E-state index in [1.807, 2.05) is 0 Å². The Bertz CT molecular complexity index is 1720. The number of aliphatic carboxylic acids is 7. The molecule has 1 amide bonds. The lowest BCUT2D eigenvalue weighted by Gasteiger charge is -2.29. The Hall–Kier alpha value is -6.38. The molecule has 0 saturated carbocycles. The molecule has 0 aromatic rings. The molecule has 4 rings (SSSR count). The fourth-order valence-corrected chi connectivity index (χ4v) is 5.86. The number of rotatable bonds is 21. The first-order valence-corrected chi connectivity index (χ1v) is 25.4. The van der Waals surface area contributed by atoms with Gasteiger partial charge in [-0.3, -0.25) is 46.6 Å². The second kappa shape index (κ2) is 94.7. The highest BCUT2D eigenvalue weighted by Gasteiger charge is 2.34. The van der Waals surface area contributed by atoms with Crippen LogP contribution in [0.4, 0.5) is 0 Å². The Morgan fingerprint density at radius 3 is 1.32 bits per heavy atom. The maximum atomic E-state index is 10.4. The molecule has 91 heavy (non-hydrogen) atoms. The van der Waals surface area contributed by atoms with Crippen molar-refractivity contribution in [2.24, 2.45) is 4.99 Å². The number of hydrogen-bond donors (Lipinski definition) is 18. The Balaban J connectivity index is -0.0000000407. The van der Waals surface area contributed by atoms with Crippen LogP contribution in [0, 0.1) is 0 Å². The van der Waals surface area contributed by atoms with Crippen LogP contribution in [-0.4, -0.2) is 224 Å². The zero-order valence-corrected chi connectivity index (χ0v) is 49.4. The number of hydrogen-bond acceptors (Lipinski definition) is 25. The number of aliphatic imine (C=N–C) groups is 1. The van der Waals surface area contributed by atoms with E-state index in [0.29, 0.717) is 81.9 Å². The molecule has 2 fully saturated rings. The summed E-state index contributed by atoms with van der Waals surface area (Å²) in [5.41, 5.74) is 13.3. The van der Waals surface area contributed by atoms with E-state index in [9.17, 15) is 78.9 Å². The van der Waals surface area contributed by atoms with Crippen LogP contribution in [0.3, 0.4) is 0 Å². The summed E-state index contributed by atoms with van der Waals surface area (Å²) in [7, 11) is 0. The van der Waals surface area contributed by atoms with E-state index in [1.54, 1.807) is 16.7 Å².